The maximum absolute atomic E-state index is 11.0. The van der Waals surface area contributed by atoms with E-state index in [1.165, 1.54) is 7.11 Å². The van der Waals surface area contributed by atoms with Gasteiger partial charge in [0.1, 0.15) is 5.76 Å². The van der Waals surface area contributed by atoms with Crippen molar-refractivity contribution in [3.05, 3.63) is 11.8 Å². The van der Waals surface area contributed by atoms with Crippen LogP contribution in [0.5, 0.6) is 0 Å². The van der Waals surface area contributed by atoms with E-state index in [2.05, 4.69) is 4.74 Å². The third-order valence-electron chi connectivity index (χ3n) is 1.16. The van der Waals surface area contributed by atoms with Gasteiger partial charge in [0.2, 0.25) is 0 Å². The molecule has 0 heterocycles. The predicted molar refractivity (Wildman–Crippen MR) is 47.5 cm³/mol. The summed E-state index contributed by atoms with van der Waals surface area (Å²) < 4.78 is 9.16. The minimum absolute atomic E-state index is 0.0433. The van der Waals surface area contributed by atoms with Crippen LogP contribution in [0.1, 0.15) is 6.92 Å². The fraction of sp³-hybridized carbons (Fsp3) is 0.500. The van der Waals surface area contributed by atoms with Gasteiger partial charge < -0.3 is 9.47 Å². The molecule has 0 fully saturated rings. The summed E-state index contributed by atoms with van der Waals surface area (Å²) in [4.78, 5) is 21.8. The van der Waals surface area contributed by atoms with Gasteiger partial charge in [-0.25, -0.2) is 4.79 Å². The lowest BCUT2D eigenvalue weighted by Gasteiger charge is -2.00. The Morgan fingerprint density at radius 1 is 1.46 bits per heavy atom. The molecule has 74 valence electrons. The van der Waals surface area contributed by atoms with E-state index in [1.807, 2.05) is 0 Å². The van der Waals surface area contributed by atoms with Gasteiger partial charge in [-0.2, -0.15) is 0 Å². The van der Waals surface area contributed by atoms with Crippen LogP contribution < -0.4 is 0 Å². The highest BCUT2D eigenvalue weighted by Gasteiger charge is 2.12. The molecule has 0 aromatic rings. The number of rotatable bonds is 5. The summed E-state index contributed by atoms with van der Waals surface area (Å²) in [6.45, 7) is 1.79. The quantitative estimate of drug-likeness (QED) is 0.220. The highest BCUT2D eigenvalue weighted by atomic mass is 35.5. The number of esters is 1. The molecular weight excluding hydrogens is 196 g/mol. The SMILES string of the molecule is CCOC(=O)C(=O)/C=C(\CCl)OC. The van der Waals surface area contributed by atoms with Crippen LogP contribution in [0.3, 0.4) is 0 Å². The van der Waals surface area contributed by atoms with Gasteiger partial charge in [-0.05, 0) is 6.92 Å². The molecule has 0 amide bonds. The Morgan fingerprint density at radius 3 is 2.46 bits per heavy atom. The molecule has 0 bridgehead atoms. The van der Waals surface area contributed by atoms with E-state index in [9.17, 15) is 9.59 Å². The van der Waals surface area contributed by atoms with E-state index in [-0.39, 0.29) is 18.2 Å². The van der Waals surface area contributed by atoms with Gasteiger partial charge in [0.05, 0.1) is 19.6 Å². The van der Waals surface area contributed by atoms with Gasteiger partial charge in [-0.15, -0.1) is 11.6 Å². The summed E-state index contributed by atoms with van der Waals surface area (Å²) in [5, 5.41) is 0. The van der Waals surface area contributed by atoms with Crippen molar-refractivity contribution in [2.24, 2.45) is 0 Å². The smallest absolute Gasteiger partial charge is 0.379 e. The van der Waals surface area contributed by atoms with E-state index >= 15 is 0 Å². The molecule has 0 aliphatic carbocycles. The first-order chi connectivity index (χ1) is 6.15. The minimum atomic E-state index is -0.901. The van der Waals surface area contributed by atoms with Gasteiger partial charge in [0, 0.05) is 6.08 Å². The Labute approximate surface area is 81.5 Å². The fourth-order valence-electron chi connectivity index (χ4n) is 0.559. The second-order valence-electron chi connectivity index (χ2n) is 2.03. The van der Waals surface area contributed by atoms with Gasteiger partial charge in [0.15, 0.2) is 0 Å². The lowest BCUT2D eigenvalue weighted by Crippen LogP contribution is -2.15. The summed E-state index contributed by atoms with van der Waals surface area (Å²) in [5.41, 5.74) is 0. The maximum Gasteiger partial charge on any atom is 0.379 e. The molecule has 0 radical (unpaired) electrons. The average Bonchev–Trinajstić information content (AvgIpc) is 2.14. The Kier molecular flexibility index (Phi) is 5.97. The molecule has 0 saturated carbocycles. The Bertz CT molecular complexity index is 216. The van der Waals surface area contributed by atoms with E-state index in [0.717, 1.165) is 6.08 Å². The fourth-order valence-corrected chi connectivity index (χ4v) is 0.746. The van der Waals surface area contributed by atoms with Crippen molar-refractivity contribution in [2.75, 3.05) is 19.6 Å². The van der Waals surface area contributed by atoms with E-state index in [0.29, 0.717) is 0 Å². The molecule has 0 atom stereocenters. The topological polar surface area (TPSA) is 52.6 Å². The summed E-state index contributed by atoms with van der Waals surface area (Å²) in [5.74, 6) is -1.39. The van der Waals surface area contributed by atoms with E-state index in [1.54, 1.807) is 6.92 Å². The molecule has 0 aromatic carbocycles. The van der Waals surface area contributed by atoms with Gasteiger partial charge in [-0.3, -0.25) is 4.79 Å². The molecule has 5 heteroatoms. The van der Waals surface area contributed by atoms with Gasteiger partial charge >= 0.3 is 5.97 Å². The number of hydrogen-bond donors (Lipinski definition) is 0. The number of alkyl halides is 1. The number of hydrogen-bond acceptors (Lipinski definition) is 4. The zero-order chi connectivity index (χ0) is 10.3. The van der Waals surface area contributed by atoms with Crippen LogP contribution >= 0.6 is 11.6 Å². The minimum Gasteiger partial charge on any atom is -0.500 e. The molecule has 0 N–H and O–H groups in total. The standard InChI is InChI=1S/C8H11ClO4/c1-3-13-8(11)7(10)4-6(5-9)12-2/h4H,3,5H2,1-2H3/b6-4+. The first-order valence-corrected chi connectivity index (χ1v) is 4.20. The molecule has 4 nitrogen and oxygen atoms in total. The number of carbonyl (C=O) groups excluding carboxylic acids is 2. The summed E-state index contributed by atoms with van der Waals surface area (Å²) in [7, 11) is 1.37. The van der Waals surface area contributed by atoms with Crippen molar-refractivity contribution >= 4 is 23.4 Å². The first kappa shape index (κ1) is 12.0. The lowest BCUT2D eigenvalue weighted by molar-refractivity contribution is -0.151. The van der Waals surface area contributed by atoms with Crippen LogP contribution in [0.25, 0.3) is 0 Å². The highest BCUT2D eigenvalue weighted by molar-refractivity contribution is 6.38. The molecule has 0 aliphatic rings. The Balaban J connectivity index is 4.26. The van der Waals surface area contributed by atoms with Crippen LogP contribution in [0.15, 0.2) is 11.8 Å². The van der Waals surface area contributed by atoms with E-state index < -0.39 is 11.8 Å². The lowest BCUT2D eigenvalue weighted by atomic mass is 10.3. The average molecular weight is 207 g/mol. The maximum atomic E-state index is 11.0. The van der Waals surface area contributed by atoms with Crippen molar-refractivity contribution < 1.29 is 19.1 Å². The molecule has 0 spiro atoms. The molecule has 0 rings (SSSR count). The van der Waals surface area contributed by atoms with Crippen LogP contribution in [0, 0.1) is 0 Å². The zero-order valence-corrected chi connectivity index (χ0v) is 8.26. The second-order valence-corrected chi connectivity index (χ2v) is 2.30. The van der Waals surface area contributed by atoms with Crippen molar-refractivity contribution in [2.45, 2.75) is 6.92 Å². The number of halogens is 1. The molecular formula is C8H11ClO4. The molecule has 13 heavy (non-hydrogen) atoms. The van der Waals surface area contributed by atoms with Crippen molar-refractivity contribution in [1.82, 2.24) is 0 Å². The highest BCUT2D eigenvalue weighted by Crippen LogP contribution is 1.99. The second kappa shape index (κ2) is 6.48. The number of ether oxygens (including phenoxy) is 2. The zero-order valence-electron chi connectivity index (χ0n) is 7.50. The van der Waals surface area contributed by atoms with Gasteiger partial charge in [0.25, 0.3) is 5.78 Å². The van der Waals surface area contributed by atoms with E-state index in [4.69, 9.17) is 16.3 Å². The van der Waals surface area contributed by atoms with Crippen molar-refractivity contribution in [3.8, 4) is 0 Å². The van der Waals surface area contributed by atoms with Crippen molar-refractivity contribution in [1.29, 1.82) is 0 Å². The third-order valence-corrected chi connectivity index (χ3v) is 1.43. The number of ketones is 1. The summed E-state index contributed by atoms with van der Waals surface area (Å²) in [6.07, 6.45) is 1.02. The van der Waals surface area contributed by atoms with Crippen LogP contribution in [0.2, 0.25) is 0 Å². The summed E-state index contributed by atoms with van der Waals surface area (Å²) >= 11 is 5.40. The predicted octanol–water partition coefficient (Wildman–Crippen LogP) is 0.888. The Hall–Kier alpha value is -1.03. The molecule has 0 aromatic heterocycles. The largest absolute Gasteiger partial charge is 0.500 e. The van der Waals surface area contributed by atoms with Crippen LogP contribution in [0.4, 0.5) is 0 Å². The van der Waals surface area contributed by atoms with Crippen molar-refractivity contribution in [3.63, 3.8) is 0 Å². The summed E-state index contributed by atoms with van der Waals surface area (Å²) in [6, 6.07) is 0. The van der Waals surface area contributed by atoms with Gasteiger partial charge in [-0.1, -0.05) is 0 Å². The number of allylic oxidation sites excluding steroid dienone is 1. The van der Waals surface area contributed by atoms with Crippen LogP contribution in [-0.2, 0) is 19.1 Å². The molecule has 0 aliphatic heterocycles. The third kappa shape index (κ3) is 4.52. The normalized spacial score (nSPS) is 10.8. The molecule has 0 saturated heterocycles. The van der Waals surface area contributed by atoms with Crippen LogP contribution in [-0.4, -0.2) is 31.3 Å². The first-order valence-electron chi connectivity index (χ1n) is 3.67. The number of carbonyl (C=O) groups is 2. The Morgan fingerprint density at radius 2 is 2.08 bits per heavy atom. The number of methoxy groups -OCH3 is 1. The molecule has 0 unspecified atom stereocenters. The monoisotopic (exact) mass is 206 g/mol.